The van der Waals surface area contributed by atoms with Gasteiger partial charge in [0, 0.05) is 11.6 Å². The summed E-state index contributed by atoms with van der Waals surface area (Å²) >= 11 is 1.65. The molecule has 1 saturated heterocycles. The van der Waals surface area contributed by atoms with E-state index in [2.05, 4.69) is 10.6 Å². The molecule has 0 bridgehead atoms. The minimum Gasteiger partial charge on any atom is -0.480 e. The molecule has 2 rings (SSSR count). The Bertz CT molecular complexity index is 272. The van der Waals surface area contributed by atoms with E-state index in [-0.39, 0.29) is 11.9 Å². The van der Waals surface area contributed by atoms with Crippen molar-refractivity contribution in [1.82, 2.24) is 10.6 Å². The van der Waals surface area contributed by atoms with Crippen molar-refractivity contribution in [2.24, 2.45) is 0 Å². The van der Waals surface area contributed by atoms with Crippen LogP contribution in [-0.2, 0) is 9.59 Å². The van der Waals surface area contributed by atoms with Gasteiger partial charge in [-0.3, -0.25) is 10.1 Å². The third kappa shape index (κ3) is 1.72. The van der Waals surface area contributed by atoms with Crippen molar-refractivity contribution in [3.63, 3.8) is 0 Å². The predicted molar refractivity (Wildman–Crippen MR) is 52.0 cm³/mol. The standard InChI is InChI=1S/C8H12N2O3S/c11-6(5-3-14-4-9-5)10-8(1-2-8)7(12)13/h5,9H,1-4H2,(H,10,11)(H,12,13). The monoisotopic (exact) mass is 216 g/mol. The molecule has 0 spiro atoms. The van der Waals surface area contributed by atoms with Crippen molar-refractivity contribution in [2.75, 3.05) is 11.6 Å². The fourth-order valence-electron chi connectivity index (χ4n) is 1.40. The maximum absolute atomic E-state index is 11.6. The number of carboxylic acids is 1. The zero-order chi connectivity index (χ0) is 10.2. The Morgan fingerprint density at radius 3 is 2.64 bits per heavy atom. The molecule has 0 aromatic heterocycles. The molecular formula is C8H12N2O3S. The third-order valence-corrected chi connectivity index (χ3v) is 3.49. The average Bonchev–Trinajstić information content (AvgIpc) is 2.74. The molecule has 0 aromatic rings. The summed E-state index contributed by atoms with van der Waals surface area (Å²) in [5.41, 5.74) is -0.952. The van der Waals surface area contributed by atoms with Gasteiger partial charge >= 0.3 is 5.97 Å². The van der Waals surface area contributed by atoms with Gasteiger partial charge in [0.15, 0.2) is 0 Å². The van der Waals surface area contributed by atoms with Crippen molar-refractivity contribution < 1.29 is 14.7 Å². The lowest BCUT2D eigenvalue weighted by atomic mass is 10.2. The highest BCUT2D eigenvalue weighted by Gasteiger charge is 2.52. The summed E-state index contributed by atoms with van der Waals surface area (Å²) in [4.78, 5) is 22.3. The second-order valence-corrected chi connectivity index (χ2v) is 4.68. The van der Waals surface area contributed by atoms with E-state index in [4.69, 9.17) is 5.11 Å². The first-order chi connectivity index (χ1) is 6.64. The molecule has 1 unspecified atom stereocenters. The van der Waals surface area contributed by atoms with Crippen LogP contribution in [0.1, 0.15) is 12.8 Å². The normalized spacial score (nSPS) is 28.4. The summed E-state index contributed by atoms with van der Waals surface area (Å²) in [6, 6.07) is -0.225. The number of hydrogen-bond acceptors (Lipinski definition) is 4. The first kappa shape index (κ1) is 9.79. The molecule has 1 saturated carbocycles. The lowest BCUT2D eigenvalue weighted by Crippen LogP contribution is -2.50. The van der Waals surface area contributed by atoms with E-state index in [1.54, 1.807) is 11.8 Å². The van der Waals surface area contributed by atoms with Gasteiger partial charge in [0.05, 0.1) is 6.04 Å². The highest BCUT2D eigenvalue weighted by molar-refractivity contribution is 7.99. The number of carbonyl (C=O) groups is 2. The Morgan fingerprint density at radius 2 is 2.21 bits per heavy atom. The van der Waals surface area contributed by atoms with E-state index in [1.807, 2.05) is 0 Å². The summed E-state index contributed by atoms with van der Waals surface area (Å²) in [5, 5.41) is 14.5. The van der Waals surface area contributed by atoms with Gasteiger partial charge in [0.2, 0.25) is 5.91 Å². The zero-order valence-electron chi connectivity index (χ0n) is 7.58. The number of thioether (sulfide) groups is 1. The molecule has 1 aliphatic carbocycles. The molecular weight excluding hydrogens is 204 g/mol. The van der Waals surface area contributed by atoms with Crippen LogP contribution in [0.3, 0.4) is 0 Å². The summed E-state index contributed by atoms with van der Waals surface area (Å²) < 4.78 is 0. The Kier molecular flexibility index (Phi) is 2.40. The predicted octanol–water partition coefficient (Wildman–Crippen LogP) is -0.618. The van der Waals surface area contributed by atoms with Crippen LogP contribution in [0.2, 0.25) is 0 Å². The van der Waals surface area contributed by atoms with Crippen molar-refractivity contribution >= 4 is 23.6 Å². The molecule has 6 heteroatoms. The number of hydrogen-bond donors (Lipinski definition) is 3. The van der Waals surface area contributed by atoms with E-state index in [1.165, 1.54) is 0 Å². The topological polar surface area (TPSA) is 78.4 Å². The van der Waals surface area contributed by atoms with E-state index in [9.17, 15) is 9.59 Å². The molecule has 1 heterocycles. The first-order valence-corrected chi connectivity index (χ1v) is 5.66. The fraction of sp³-hybridized carbons (Fsp3) is 0.750. The van der Waals surface area contributed by atoms with Gasteiger partial charge in [-0.1, -0.05) is 0 Å². The molecule has 1 amide bonds. The Hall–Kier alpha value is -0.750. The molecule has 0 aromatic carbocycles. The van der Waals surface area contributed by atoms with Crippen LogP contribution in [0, 0.1) is 0 Å². The second kappa shape index (κ2) is 3.43. The molecule has 2 fully saturated rings. The molecule has 1 atom stereocenters. The SMILES string of the molecule is O=C(NC1(C(=O)O)CC1)C1CSCN1. The van der Waals surface area contributed by atoms with Gasteiger partial charge in [0.1, 0.15) is 5.54 Å². The summed E-state index contributed by atoms with van der Waals surface area (Å²) in [6.07, 6.45) is 1.10. The molecule has 2 aliphatic rings. The fourth-order valence-corrected chi connectivity index (χ4v) is 2.35. The van der Waals surface area contributed by atoms with Gasteiger partial charge in [0.25, 0.3) is 0 Å². The second-order valence-electron chi connectivity index (χ2n) is 3.65. The Balaban J connectivity index is 1.91. The number of carboxylic acid groups (broad SMARTS) is 1. The van der Waals surface area contributed by atoms with E-state index >= 15 is 0 Å². The van der Waals surface area contributed by atoms with E-state index in [0.717, 1.165) is 11.6 Å². The van der Waals surface area contributed by atoms with Crippen molar-refractivity contribution in [3.8, 4) is 0 Å². The van der Waals surface area contributed by atoms with Crippen molar-refractivity contribution in [3.05, 3.63) is 0 Å². The summed E-state index contributed by atoms with van der Waals surface area (Å²) in [5.74, 6) is 0.381. The minimum atomic E-state index is -0.952. The van der Waals surface area contributed by atoms with Crippen LogP contribution in [-0.4, -0.2) is 40.2 Å². The summed E-state index contributed by atoms with van der Waals surface area (Å²) in [7, 11) is 0. The van der Waals surface area contributed by atoms with Crippen LogP contribution < -0.4 is 10.6 Å². The van der Waals surface area contributed by atoms with Crippen LogP contribution in [0.15, 0.2) is 0 Å². The third-order valence-electron chi connectivity index (χ3n) is 2.55. The van der Waals surface area contributed by atoms with Crippen LogP contribution in [0.25, 0.3) is 0 Å². The Labute approximate surface area is 85.6 Å². The van der Waals surface area contributed by atoms with Crippen LogP contribution in [0.5, 0.6) is 0 Å². The molecule has 1 aliphatic heterocycles. The Morgan fingerprint density at radius 1 is 1.50 bits per heavy atom. The highest BCUT2D eigenvalue weighted by Crippen LogP contribution is 2.35. The number of aliphatic carboxylic acids is 1. The smallest absolute Gasteiger partial charge is 0.329 e. The average molecular weight is 216 g/mol. The number of amides is 1. The number of nitrogens with one attached hydrogen (secondary N) is 2. The van der Waals surface area contributed by atoms with Crippen LogP contribution >= 0.6 is 11.8 Å². The number of rotatable bonds is 3. The lowest BCUT2D eigenvalue weighted by molar-refractivity contribution is -0.143. The first-order valence-electron chi connectivity index (χ1n) is 4.51. The van der Waals surface area contributed by atoms with E-state index in [0.29, 0.717) is 12.8 Å². The lowest BCUT2D eigenvalue weighted by Gasteiger charge is -2.15. The van der Waals surface area contributed by atoms with Crippen LogP contribution in [0.4, 0.5) is 0 Å². The minimum absolute atomic E-state index is 0.185. The largest absolute Gasteiger partial charge is 0.480 e. The van der Waals surface area contributed by atoms with Gasteiger partial charge in [-0.25, -0.2) is 4.79 Å². The molecule has 3 N–H and O–H groups in total. The van der Waals surface area contributed by atoms with Crippen molar-refractivity contribution in [2.45, 2.75) is 24.4 Å². The van der Waals surface area contributed by atoms with Gasteiger partial charge in [-0.05, 0) is 12.8 Å². The maximum atomic E-state index is 11.6. The van der Waals surface area contributed by atoms with Gasteiger partial charge in [-0.2, -0.15) is 0 Å². The van der Waals surface area contributed by atoms with E-state index < -0.39 is 11.5 Å². The maximum Gasteiger partial charge on any atom is 0.329 e. The van der Waals surface area contributed by atoms with Crippen molar-refractivity contribution in [1.29, 1.82) is 0 Å². The highest BCUT2D eigenvalue weighted by atomic mass is 32.2. The summed E-state index contributed by atoms with van der Waals surface area (Å²) in [6.45, 7) is 0. The zero-order valence-corrected chi connectivity index (χ0v) is 8.39. The molecule has 0 radical (unpaired) electrons. The molecule has 78 valence electrons. The van der Waals surface area contributed by atoms with Gasteiger partial charge < -0.3 is 10.4 Å². The quantitative estimate of drug-likeness (QED) is 0.586. The molecule has 5 nitrogen and oxygen atoms in total. The van der Waals surface area contributed by atoms with Gasteiger partial charge in [-0.15, -0.1) is 11.8 Å². The molecule has 14 heavy (non-hydrogen) atoms. The number of carbonyl (C=O) groups excluding carboxylic acids is 1.